The van der Waals surface area contributed by atoms with E-state index in [0.717, 1.165) is 5.39 Å². The SMILES string of the molecule is COc1cc(C(=O)N[C@@H]2CCOC[C@H]2OCC(N)=O)c2ccccc2n1. The molecule has 2 heterocycles. The molecule has 1 saturated heterocycles. The van der Waals surface area contributed by atoms with Gasteiger partial charge < -0.3 is 25.3 Å². The van der Waals surface area contributed by atoms with E-state index in [1.807, 2.05) is 24.3 Å². The largest absolute Gasteiger partial charge is 0.481 e. The number of primary amides is 1. The Kier molecular flexibility index (Phi) is 5.65. The van der Waals surface area contributed by atoms with E-state index in [9.17, 15) is 9.59 Å². The van der Waals surface area contributed by atoms with Gasteiger partial charge in [0.1, 0.15) is 12.7 Å². The predicted molar refractivity (Wildman–Crippen MR) is 93.9 cm³/mol. The number of ether oxygens (including phenoxy) is 3. The van der Waals surface area contributed by atoms with Crippen LogP contribution in [0.3, 0.4) is 0 Å². The summed E-state index contributed by atoms with van der Waals surface area (Å²) < 4.78 is 16.1. The van der Waals surface area contributed by atoms with Crippen LogP contribution in [0.1, 0.15) is 16.8 Å². The molecule has 8 nitrogen and oxygen atoms in total. The van der Waals surface area contributed by atoms with Gasteiger partial charge in [0.05, 0.1) is 30.8 Å². The van der Waals surface area contributed by atoms with Gasteiger partial charge in [-0.1, -0.05) is 18.2 Å². The Balaban J connectivity index is 1.82. The second-order valence-corrected chi connectivity index (χ2v) is 5.99. The number of fused-ring (bicyclic) bond motifs is 1. The number of methoxy groups -OCH3 is 1. The van der Waals surface area contributed by atoms with Crippen molar-refractivity contribution in [1.29, 1.82) is 0 Å². The molecule has 1 aromatic heterocycles. The highest BCUT2D eigenvalue weighted by atomic mass is 16.5. The van der Waals surface area contributed by atoms with Crippen LogP contribution in [0.5, 0.6) is 5.88 Å². The van der Waals surface area contributed by atoms with Gasteiger partial charge in [-0.2, -0.15) is 0 Å². The molecule has 0 saturated carbocycles. The summed E-state index contributed by atoms with van der Waals surface area (Å²) in [6.45, 7) is 0.576. The van der Waals surface area contributed by atoms with E-state index in [-0.39, 0.29) is 18.6 Å². The number of hydrogen-bond donors (Lipinski definition) is 2. The first-order chi connectivity index (χ1) is 12.6. The van der Waals surface area contributed by atoms with Crippen molar-refractivity contribution in [3.05, 3.63) is 35.9 Å². The second kappa shape index (κ2) is 8.11. The first kappa shape index (κ1) is 18.1. The maximum atomic E-state index is 12.9. The summed E-state index contributed by atoms with van der Waals surface area (Å²) in [5, 5.41) is 3.70. The van der Waals surface area contributed by atoms with Crippen LogP contribution in [0.25, 0.3) is 10.9 Å². The highest BCUT2D eigenvalue weighted by molar-refractivity contribution is 6.06. The lowest BCUT2D eigenvalue weighted by atomic mass is 10.0. The number of nitrogens with one attached hydrogen (secondary N) is 1. The van der Waals surface area contributed by atoms with Crippen molar-refractivity contribution in [1.82, 2.24) is 10.3 Å². The van der Waals surface area contributed by atoms with Crippen LogP contribution < -0.4 is 15.8 Å². The van der Waals surface area contributed by atoms with Crippen LogP contribution in [-0.2, 0) is 14.3 Å². The molecule has 0 spiro atoms. The summed E-state index contributed by atoms with van der Waals surface area (Å²) in [6.07, 6.45) is 0.144. The predicted octanol–water partition coefficient (Wildman–Crippen LogP) is 0.633. The number of benzene rings is 1. The van der Waals surface area contributed by atoms with Crippen molar-refractivity contribution in [2.75, 3.05) is 26.9 Å². The molecule has 0 aliphatic carbocycles. The Morgan fingerprint density at radius 1 is 1.38 bits per heavy atom. The molecule has 3 N–H and O–H groups in total. The third-order valence-electron chi connectivity index (χ3n) is 4.21. The fourth-order valence-electron chi connectivity index (χ4n) is 2.92. The van der Waals surface area contributed by atoms with E-state index < -0.39 is 12.0 Å². The highest BCUT2D eigenvalue weighted by Gasteiger charge is 2.29. The highest BCUT2D eigenvalue weighted by Crippen LogP contribution is 2.22. The number of carbonyl (C=O) groups excluding carboxylic acids is 2. The summed E-state index contributed by atoms with van der Waals surface area (Å²) in [5.41, 5.74) is 6.27. The first-order valence-corrected chi connectivity index (χ1v) is 8.30. The Hall–Kier alpha value is -2.71. The van der Waals surface area contributed by atoms with Gasteiger partial charge in [0, 0.05) is 18.1 Å². The number of para-hydroxylation sites is 1. The van der Waals surface area contributed by atoms with Gasteiger partial charge in [-0.15, -0.1) is 0 Å². The normalized spacial score (nSPS) is 19.9. The Bertz CT molecular complexity index is 811. The van der Waals surface area contributed by atoms with Gasteiger partial charge in [-0.05, 0) is 12.5 Å². The lowest BCUT2D eigenvalue weighted by Gasteiger charge is -2.31. The monoisotopic (exact) mass is 359 g/mol. The van der Waals surface area contributed by atoms with Gasteiger partial charge >= 0.3 is 0 Å². The molecule has 3 rings (SSSR count). The Morgan fingerprint density at radius 2 is 2.19 bits per heavy atom. The Morgan fingerprint density at radius 3 is 2.96 bits per heavy atom. The minimum atomic E-state index is -0.564. The van der Waals surface area contributed by atoms with E-state index in [1.165, 1.54) is 7.11 Å². The van der Waals surface area contributed by atoms with Crippen LogP contribution >= 0.6 is 0 Å². The quantitative estimate of drug-likeness (QED) is 0.782. The Labute approximate surface area is 150 Å². The summed E-state index contributed by atoms with van der Waals surface area (Å²) in [4.78, 5) is 28.2. The lowest BCUT2D eigenvalue weighted by Crippen LogP contribution is -2.50. The summed E-state index contributed by atoms with van der Waals surface area (Å²) in [6, 6.07) is 8.68. The minimum Gasteiger partial charge on any atom is -0.481 e. The number of carbonyl (C=O) groups is 2. The van der Waals surface area contributed by atoms with Gasteiger partial charge in [0.2, 0.25) is 11.8 Å². The number of rotatable bonds is 6. The fraction of sp³-hybridized carbons (Fsp3) is 0.389. The van der Waals surface area contributed by atoms with Crippen LogP contribution in [-0.4, -0.2) is 55.9 Å². The maximum absolute atomic E-state index is 12.9. The summed E-state index contributed by atoms with van der Waals surface area (Å²) in [7, 11) is 1.50. The third kappa shape index (κ3) is 4.09. The van der Waals surface area contributed by atoms with Gasteiger partial charge in [0.15, 0.2) is 0 Å². The minimum absolute atomic E-state index is 0.216. The van der Waals surface area contributed by atoms with Crippen molar-refractivity contribution in [2.45, 2.75) is 18.6 Å². The lowest BCUT2D eigenvalue weighted by molar-refractivity contribution is -0.129. The molecule has 0 unspecified atom stereocenters. The van der Waals surface area contributed by atoms with Gasteiger partial charge in [-0.25, -0.2) is 4.98 Å². The van der Waals surface area contributed by atoms with Crippen molar-refractivity contribution < 1.29 is 23.8 Å². The molecule has 26 heavy (non-hydrogen) atoms. The van der Waals surface area contributed by atoms with Crippen molar-refractivity contribution in [3.8, 4) is 5.88 Å². The zero-order valence-electron chi connectivity index (χ0n) is 14.4. The molecular weight excluding hydrogens is 338 g/mol. The number of nitrogens with two attached hydrogens (primary N) is 1. The molecule has 0 radical (unpaired) electrons. The van der Waals surface area contributed by atoms with Crippen molar-refractivity contribution in [3.63, 3.8) is 0 Å². The van der Waals surface area contributed by atoms with Crippen molar-refractivity contribution in [2.24, 2.45) is 5.73 Å². The maximum Gasteiger partial charge on any atom is 0.252 e. The standard InChI is InChI=1S/C18H21N3O5/c1-24-17-8-12(11-4-2-3-5-13(11)20-17)18(23)21-14-6-7-25-9-15(14)26-10-16(19)22/h2-5,8,14-15H,6-7,9-10H2,1H3,(H2,19,22)(H,21,23)/t14-,15-/m1/s1. The molecule has 0 bridgehead atoms. The topological polar surface area (TPSA) is 113 Å². The van der Waals surface area contributed by atoms with Gasteiger partial charge in [-0.3, -0.25) is 9.59 Å². The number of hydrogen-bond acceptors (Lipinski definition) is 6. The van der Waals surface area contributed by atoms with E-state index in [2.05, 4.69) is 10.3 Å². The number of aromatic nitrogens is 1. The fourth-order valence-corrected chi connectivity index (χ4v) is 2.92. The second-order valence-electron chi connectivity index (χ2n) is 5.99. The molecule has 138 valence electrons. The van der Waals surface area contributed by atoms with Crippen LogP contribution in [0.4, 0.5) is 0 Å². The average molecular weight is 359 g/mol. The average Bonchev–Trinajstić information content (AvgIpc) is 2.66. The molecule has 8 heteroatoms. The van der Waals surface area contributed by atoms with E-state index in [0.29, 0.717) is 36.6 Å². The summed E-state index contributed by atoms with van der Waals surface area (Å²) in [5.74, 6) is -0.464. The van der Waals surface area contributed by atoms with Crippen LogP contribution in [0.2, 0.25) is 0 Å². The number of nitrogens with zero attached hydrogens (tertiary/aromatic N) is 1. The summed E-state index contributed by atoms with van der Waals surface area (Å²) >= 11 is 0. The van der Waals surface area contributed by atoms with E-state index >= 15 is 0 Å². The third-order valence-corrected chi connectivity index (χ3v) is 4.21. The molecule has 1 aliphatic heterocycles. The van der Waals surface area contributed by atoms with E-state index in [1.54, 1.807) is 6.07 Å². The van der Waals surface area contributed by atoms with Crippen LogP contribution in [0.15, 0.2) is 30.3 Å². The van der Waals surface area contributed by atoms with Gasteiger partial charge in [0.25, 0.3) is 5.91 Å². The molecule has 2 atom stereocenters. The zero-order valence-corrected chi connectivity index (χ0v) is 14.4. The zero-order chi connectivity index (χ0) is 18.5. The number of pyridine rings is 1. The van der Waals surface area contributed by atoms with E-state index in [4.69, 9.17) is 19.9 Å². The van der Waals surface area contributed by atoms with Crippen molar-refractivity contribution >= 4 is 22.7 Å². The molecule has 2 aromatic rings. The number of amides is 2. The smallest absolute Gasteiger partial charge is 0.252 e. The molecule has 1 fully saturated rings. The molecule has 1 aliphatic rings. The first-order valence-electron chi connectivity index (χ1n) is 8.30. The molecular formula is C18H21N3O5. The van der Waals surface area contributed by atoms with Crippen LogP contribution in [0, 0.1) is 0 Å². The molecule has 1 aromatic carbocycles. The molecule has 2 amide bonds.